The van der Waals surface area contributed by atoms with E-state index in [1.807, 2.05) is 43.1 Å². The van der Waals surface area contributed by atoms with Crippen LogP contribution in [0.3, 0.4) is 0 Å². The fourth-order valence-electron chi connectivity index (χ4n) is 1.87. The van der Waals surface area contributed by atoms with E-state index in [1.54, 1.807) is 0 Å². The SMILES string of the molecule is CC[C@H](O)c1ccc(N(C)CC(=O)NCC(C)C)cc1. The lowest BCUT2D eigenvalue weighted by molar-refractivity contribution is -0.119. The molecule has 0 saturated heterocycles. The summed E-state index contributed by atoms with van der Waals surface area (Å²) in [4.78, 5) is 13.7. The van der Waals surface area contributed by atoms with Gasteiger partial charge in [0.2, 0.25) is 5.91 Å². The normalized spacial score (nSPS) is 12.3. The number of anilines is 1. The maximum atomic E-state index is 11.8. The van der Waals surface area contributed by atoms with Gasteiger partial charge in [0.25, 0.3) is 0 Å². The Morgan fingerprint density at radius 2 is 1.90 bits per heavy atom. The smallest absolute Gasteiger partial charge is 0.239 e. The fourth-order valence-corrected chi connectivity index (χ4v) is 1.87. The van der Waals surface area contributed by atoms with Crippen LogP contribution >= 0.6 is 0 Å². The quantitative estimate of drug-likeness (QED) is 0.805. The van der Waals surface area contributed by atoms with Crippen molar-refractivity contribution in [3.8, 4) is 0 Å². The van der Waals surface area contributed by atoms with Crippen LogP contribution in [0.2, 0.25) is 0 Å². The molecule has 1 aromatic carbocycles. The van der Waals surface area contributed by atoms with Crippen molar-refractivity contribution >= 4 is 11.6 Å². The molecule has 1 aromatic rings. The topological polar surface area (TPSA) is 52.6 Å². The van der Waals surface area contributed by atoms with Crippen LogP contribution in [0.4, 0.5) is 5.69 Å². The first-order chi connectivity index (χ1) is 9.43. The van der Waals surface area contributed by atoms with Gasteiger partial charge < -0.3 is 15.3 Å². The first-order valence-corrected chi connectivity index (χ1v) is 7.19. The second-order valence-corrected chi connectivity index (χ2v) is 5.57. The third kappa shape index (κ3) is 5.21. The van der Waals surface area contributed by atoms with E-state index in [4.69, 9.17) is 0 Å². The minimum Gasteiger partial charge on any atom is -0.388 e. The highest BCUT2D eigenvalue weighted by Gasteiger charge is 2.09. The van der Waals surface area contributed by atoms with Crippen LogP contribution in [0.5, 0.6) is 0 Å². The van der Waals surface area contributed by atoms with Gasteiger partial charge in [0.15, 0.2) is 0 Å². The van der Waals surface area contributed by atoms with Gasteiger partial charge in [-0.25, -0.2) is 0 Å². The third-order valence-electron chi connectivity index (χ3n) is 3.19. The number of nitrogens with one attached hydrogen (secondary N) is 1. The molecule has 4 nitrogen and oxygen atoms in total. The Kier molecular flexibility index (Phi) is 6.52. The lowest BCUT2D eigenvalue weighted by Crippen LogP contribution is -2.36. The summed E-state index contributed by atoms with van der Waals surface area (Å²) in [6.45, 7) is 7.13. The number of carbonyl (C=O) groups is 1. The van der Waals surface area contributed by atoms with Crippen LogP contribution in [-0.4, -0.2) is 31.2 Å². The number of hydrogen-bond acceptors (Lipinski definition) is 3. The van der Waals surface area contributed by atoms with Gasteiger partial charge in [-0.2, -0.15) is 0 Å². The molecule has 0 bridgehead atoms. The Morgan fingerprint density at radius 1 is 1.30 bits per heavy atom. The second kappa shape index (κ2) is 7.90. The molecule has 0 unspecified atom stereocenters. The molecule has 0 fully saturated rings. The number of benzene rings is 1. The van der Waals surface area contributed by atoms with E-state index in [0.29, 0.717) is 25.4 Å². The van der Waals surface area contributed by atoms with Crippen LogP contribution in [0, 0.1) is 5.92 Å². The van der Waals surface area contributed by atoms with Gasteiger partial charge in [-0.3, -0.25) is 4.79 Å². The molecule has 0 aliphatic heterocycles. The molecular formula is C16H26N2O2. The first kappa shape index (κ1) is 16.5. The predicted molar refractivity (Wildman–Crippen MR) is 82.8 cm³/mol. The van der Waals surface area contributed by atoms with Crippen molar-refractivity contribution in [3.05, 3.63) is 29.8 Å². The summed E-state index contributed by atoms with van der Waals surface area (Å²) in [6, 6.07) is 7.69. The average Bonchev–Trinajstić information content (AvgIpc) is 2.44. The van der Waals surface area contributed by atoms with Crippen molar-refractivity contribution in [2.24, 2.45) is 5.92 Å². The van der Waals surface area contributed by atoms with Gasteiger partial charge in [0, 0.05) is 19.3 Å². The van der Waals surface area contributed by atoms with Gasteiger partial charge in [0.1, 0.15) is 0 Å². The molecule has 1 rings (SSSR count). The summed E-state index contributed by atoms with van der Waals surface area (Å²) in [5, 5.41) is 12.6. The Morgan fingerprint density at radius 3 is 2.40 bits per heavy atom. The molecule has 20 heavy (non-hydrogen) atoms. The van der Waals surface area contributed by atoms with E-state index >= 15 is 0 Å². The zero-order chi connectivity index (χ0) is 15.1. The fraction of sp³-hybridized carbons (Fsp3) is 0.562. The zero-order valence-electron chi connectivity index (χ0n) is 12.9. The van der Waals surface area contributed by atoms with Crippen LogP contribution in [-0.2, 0) is 4.79 Å². The minimum atomic E-state index is -0.413. The van der Waals surface area contributed by atoms with Gasteiger partial charge in [-0.1, -0.05) is 32.9 Å². The molecule has 1 amide bonds. The van der Waals surface area contributed by atoms with Gasteiger partial charge in [0.05, 0.1) is 12.6 Å². The molecule has 2 N–H and O–H groups in total. The summed E-state index contributed by atoms with van der Waals surface area (Å²) >= 11 is 0. The minimum absolute atomic E-state index is 0.0267. The molecule has 0 saturated carbocycles. The molecule has 1 atom stereocenters. The summed E-state index contributed by atoms with van der Waals surface area (Å²) in [5.74, 6) is 0.484. The second-order valence-electron chi connectivity index (χ2n) is 5.57. The number of nitrogens with zero attached hydrogens (tertiary/aromatic N) is 1. The van der Waals surface area contributed by atoms with Gasteiger partial charge in [-0.15, -0.1) is 0 Å². The number of carbonyl (C=O) groups excluding carboxylic acids is 1. The van der Waals surface area contributed by atoms with E-state index in [-0.39, 0.29) is 5.91 Å². The van der Waals surface area contributed by atoms with Crippen molar-refractivity contribution < 1.29 is 9.90 Å². The van der Waals surface area contributed by atoms with Gasteiger partial charge >= 0.3 is 0 Å². The highest BCUT2D eigenvalue weighted by molar-refractivity contribution is 5.81. The maximum absolute atomic E-state index is 11.8. The summed E-state index contributed by atoms with van der Waals surface area (Å²) in [6.07, 6.45) is 0.288. The van der Waals surface area contributed by atoms with E-state index in [9.17, 15) is 9.90 Å². The molecule has 0 aliphatic carbocycles. The number of aliphatic hydroxyl groups excluding tert-OH is 1. The molecule has 112 valence electrons. The third-order valence-corrected chi connectivity index (χ3v) is 3.19. The largest absolute Gasteiger partial charge is 0.388 e. The lowest BCUT2D eigenvalue weighted by Gasteiger charge is -2.20. The number of aliphatic hydroxyl groups is 1. The summed E-state index contributed by atoms with van der Waals surface area (Å²) in [7, 11) is 1.89. The van der Waals surface area contributed by atoms with Crippen LogP contribution < -0.4 is 10.2 Å². The molecule has 0 spiro atoms. The highest BCUT2D eigenvalue weighted by atomic mass is 16.3. The Bertz CT molecular complexity index is 415. The molecule has 0 heterocycles. The lowest BCUT2D eigenvalue weighted by atomic mass is 10.1. The van der Waals surface area contributed by atoms with E-state index in [0.717, 1.165) is 11.3 Å². The standard InChI is InChI=1S/C16H26N2O2/c1-5-15(19)13-6-8-14(9-7-13)18(4)11-16(20)17-10-12(2)3/h6-9,12,15,19H,5,10-11H2,1-4H3,(H,17,20)/t15-/m0/s1. The van der Waals surface area contributed by atoms with Crippen molar-refractivity contribution in [3.63, 3.8) is 0 Å². The summed E-state index contributed by atoms with van der Waals surface area (Å²) < 4.78 is 0. The Balaban J connectivity index is 2.55. The Hall–Kier alpha value is -1.55. The molecular weight excluding hydrogens is 252 g/mol. The number of likely N-dealkylation sites (N-methyl/N-ethyl adjacent to an activating group) is 1. The first-order valence-electron chi connectivity index (χ1n) is 7.19. The number of amides is 1. The highest BCUT2D eigenvalue weighted by Crippen LogP contribution is 2.20. The van der Waals surface area contributed by atoms with Crippen LogP contribution in [0.1, 0.15) is 38.9 Å². The molecule has 0 aromatic heterocycles. The van der Waals surface area contributed by atoms with Crippen molar-refractivity contribution in [2.45, 2.75) is 33.3 Å². The van der Waals surface area contributed by atoms with E-state index < -0.39 is 6.10 Å². The zero-order valence-corrected chi connectivity index (χ0v) is 12.9. The van der Waals surface area contributed by atoms with E-state index in [2.05, 4.69) is 19.2 Å². The molecule has 0 radical (unpaired) electrons. The van der Waals surface area contributed by atoms with Crippen molar-refractivity contribution in [1.29, 1.82) is 0 Å². The van der Waals surface area contributed by atoms with Gasteiger partial charge in [-0.05, 0) is 30.0 Å². The van der Waals surface area contributed by atoms with Crippen molar-refractivity contribution in [2.75, 3.05) is 25.0 Å². The van der Waals surface area contributed by atoms with E-state index in [1.165, 1.54) is 0 Å². The molecule has 0 aliphatic rings. The Labute approximate surface area is 121 Å². The number of rotatable bonds is 7. The van der Waals surface area contributed by atoms with Crippen molar-refractivity contribution in [1.82, 2.24) is 5.32 Å². The maximum Gasteiger partial charge on any atom is 0.239 e. The summed E-state index contributed by atoms with van der Waals surface area (Å²) in [5.41, 5.74) is 1.88. The monoisotopic (exact) mass is 278 g/mol. The van der Waals surface area contributed by atoms with Crippen LogP contribution in [0.25, 0.3) is 0 Å². The van der Waals surface area contributed by atoms with Crippen LogP contribution in [0.15, 0.2) is 24.3 Å². The predicted octanol–water partition coefficient (Wildman–Crippen LogP) is 2.34. The number of hydrogen-bond donors (Lipinski definition) is 2. The average molecular weight is 278 g/mol. The molecule has 4 heteroatoms.